The highest BCUT2D eigenvalue weighted by molar-refractivity contribution is 7.91. The number of halogens is 1. The van der Waals surface area contributed by atoms with Crippen LogP contribution in [-0.2, 0) is 14.6 Å². The van der Waals surface area contributed by atoms with Gasteiger partial charge >= 0.3 is 0 Å². The fourth-order valence-electron chi connectivity index (χ4n) is 3.41. The Morgan fingerprint density at radius 2 is 1.92 bits per heavy atom. The first kappa shape index (κ1) is 18.5. The molecule has 2 aliphatic heterocycles. The molecule has 2 aliphatic rings. The first-order chi connectivity index (χ1) is 11.9. The van der Waals surface area contributed by atoms with E-state index >= 15 is 0 Å². The number of ether oxygens (including phenoxy) is 1. The van der Waals surface area contributed by atoms with E-state index < -0.39 is 15.9 Å². The summed E-state index contributed by atoms with van der Waals surface area (Å²) in [5, 5.41) is 0.481. The molecule has 3 rings (SSSR count). The van der Waals surface area contributed by atoms with Crippen molar-refractivity contribution >= 4 is 27.3 Å². The van der Waals surface area contributed by atoms with Crippen LogP contribution in [0.4, 0.5) is 0 Å². The normalized spacial score (nSPS) is 24.9. The average molecular weight is 387 g/mol. The number of hydrogen-bond acceptors (Lipinski definition) is 5. The lowest BCUT2D eigenvalue weighted by molar-refractivity contribution is -0.140. The molecule has 2 heterocycles. The van der Waals surface area contributed by atoms with Gasteiger partial charge in [-0.25, -0.2) is 8.42 Å². The van der Waals surface area contributed by atoms with Gasteiger partial charge in [0.05, 0.1) is 16.5 Å². The summed E-state index contributed by atoms with van der Waals surface area (Å²) in [5.74, 6) is 0.949. The number of nitrogens with zero attached hydrogens (tertiary/aromatic N) is 2. The molecule has 0 spiro atoms. The van der Waals surface area contributed by atoms with Gasteiger partial charge in [0.2, 0.25) is 0 Å². The molecule has 0 aromatic heterocycles. The van der Waals surface area contributed by atoms with Crippen molar-refractivity contribution in [2.24, 2.45) is 0 Å². The van der Waals surface area contributed by atoms with Crippen LogP contribution < -0.4 is 4.74 Å². The largest absolute Gasteiger partial charge is 0.479 e. The first-order valence-electron chi connectivity index (χ1n) is 8.50. The maximum absolute atomic E-state index is 12.6. The zero-order valence-corrected chi connectivity index (χ0v) is 15.8. The number of rotatable bonds is 4. The number of hydrogen-bond donors (Lipinski definition) is 0. The van der Waals surface area contributed by atoms with Crippen LogP contribution in [-0.4, -0.2) is 74.0 Å². The maximum Gasteiger partial charge on any atom is 0.263 e. The molecule has 138 valence electrons. The average Bonchev–Trinajstić information content (AvgIpc) is 2.96. The van der Waals surface area contributed by atoms with E-state index in [0.717, 1.165) is 0 Å². The summed E-state index contributed by atoms with van der Waals surface area (Å²) < 4.78 is 29.0. The molecule has 2 saturated heterocycles. The summed E-state index contributed by atoms with van der Waals surface area (Å²) in [5.41, 5.74) is 0. The van der Waals surface area contributed by atoms with Crippen molar-refractivity contribution in [3.05, 3.63) is 29.3 Å². The number of para-hydroxylation sites is 1. The van der Waals surface area contributed by atoms with Crippen LogP contribution in [0.1, 0.15) is 13.3 Å². The van der Waals surface area contributed by atoms with E-state index in [1.54, 1.807) is 24.0 Å². The molecular formula is C17H23ClN2O4S. The van der Waals surface area contributed by atoms with Crippen LogP contribution in [0.2, 0.25) is 5.02 Å². The van der Waals surface area contributed by atoms with Crippen LogP contribution in [0.15, 0.2) is 24.3 Å². The highest BCUT2D eigenvalue weighted by Crippen LogP contribution is 2.25. The summed E-state index contributed by atoms with van der Waals surface area (Å²) in [6.07, 6.45) is 0.0840. The predicted octanol–water partition coefficient (Wildman–Crippen LogP) is 1.44. The highest BCUT2D eigenvalue weighted by Gasteiger charge is 2.35. The second kappa shape index (κ2) is 7.51. The van der Waals surface area contributed by atoms with Gasteiger partial charge in [-0.05, 0) is 25.5 Å². The molecular weight excluding hydrogens is 364 g/mol. The molecule has 1 aromatic rings. The van der Waals surface area contributed by atoms with Crippen molar-refractivity contribution < 1.29 is 17.9 Å². The van der Waals surface area contributed by atoms with Crippen LogP contribution in [0.25, 0.3) is 0 Å². The third kappa shape index (κ3) is 4.46. The zero-order valence-electron chi connectivity index (χ0n) is 14.2. The first-order valence-corrected chi connectivity index (χ1v) is 10.7. The zero-order chi connectivity index (χ0) is 18.0. The molecule has 25 heavy (non-hydrogen) atoms. The molecule has 2 atom stereocenters. The topological polar surface area (TPSA) is 66.9 Å². The van der Waals surface area contributed by atoms with E-state index in [0.29, 0.717) is 43.4 Å². The second-order valence-electron chi connectivity index (χ2n) is 6.61. The van der Waals surface area contributed by atoms with Gasteiger partial charge in [0, 0.05) is 32.2 Å². The molecule has 0 radical (unpaired) electrons. The van der Waals surface area contributed by atoms with Crippen LogP contribution in [0, 0.1) is 0 Å². The minimum Gasteiger partial charge on any atom is -0.479 e. The number of amides is 1. The summed E-state index contributed by atoms with van der Waals surface area (Å²) in [6, 6.07) is 7.18. The number of carbonyl (C=O) groups is 1. The van der Waals surface area contributed by atoms with Gasteiger partial charge in [0.25, 0.3) is 5.91 Å². The Hall–Kier alpha value is -1.31. The lowest BCUT2D eigenvalue weighted by Crippen LogP contribution is -2.54. The Labute approximate surface area is 153 Å². The van der Waals surface area contributed by atoms with Crippen LogP contribution in [0.3, 0.4) is 0 Å². The molecule has 6 nitrogen and oxygen atoms in total. The van der Waals surface area contributed by atoms with Crippen molar-refractivity contribution in [1.29, 1.82) is 0 Å². The Morgan fingerprint density at radius 1 is 1.24 bits per heavy atom. The lowest BCUT2D eigenvalue weighted by atomic mass is 10.2. The Kier molecular flexibility index (Phi) is 5.55. The third-order valence-electron chi connectivity index (χ3n) is 4.84. The quantitative estimate of drug-likeness (QED) is 0.783. The van der Waals surface area contributed by atoms with E-state index in [-0.39, 0.29) is 23.5 Å². The number of benzene rings is 1. The molecule has 0 unspecified atom stereocenters. The number of sulfone groups is 1. The SMILES string of the molecule is C[C@H](Oc1ccccc1Cl)C(=O)N1CCN([C@@H]2CCS(=O)(=O)C2)CC1. The minimum absolute atomic E-state index is 0.0707. The van der Waals surface area contributed by atoms with Crippen molar-refractivity contribution in [3.63, 3.8) is 0 Å². The standard InChI is InChI=1S/C17H23ClN2O4S/c1-13(24-16-5-3-2-4-15(16)18)17(21)20-9-7-19(8-10-20)14-6-11-25(22,23)12-14/h2-5,13-14H,6-12H2,1H3/t13-,14+/m0/s1. The monoisotopic (exact) mass is 386 g/mol. The van der Waals surface area contributed by atoms with Crippen molar-refractivity contribution in [1.82, 2.24) is 9.80 Å². The van der Waals surface area contributed by atoms with E-state index in [2.05, 4.69) is 4.90 Å². The number of carbonyl (C=O) groups excluding carboxylic acids is 1. The fraction of sp³-hybridized carbons (Fsp3) is 0.588. The molecule has 2 fully saturated rings. The molecule has 0 bridgehead atoms. The van der Waals surface area contributed by atoms with E-state index in [9.17, 15) is 13.2 Å². The molecule has 1 amide bonds. The fourth-order valence-corrected chi connectivity index (χ4v) is 5.35. The summed E-state index contributed by atoms with van der Waals surface area (Å²) >= 11 is 6.07. The minimum atomic E-state index is -2.88. The smallest absolute Gasteiger partial charge is 0.263 e. The third-order valence-corrected chi connectivity index (χ3v) is 6.90. The number of piperazine rings is 1. The maximum atomic E-state index is 12.6. The Bertz CT molecular complexity index is 732. The van der Waals surface area contributed by atoms with Gasteiger partial charge in [0.15, 0.2) is 15.9 Å². The van der Waals surface area contributed by atoms with Crippen LogP contribution in [0.5, 0.6) is 5.75 Å². The van der Waals surface area contributed by atoms with Gasteiger partial charge in [-0.2, -0.15) is 0 Å². The van der Waals surface area contributed by atoms with E-state index in [1.165, 1.54) is 0 Å². The molecule has 0 saturated carbocycles. The lowest BCUT2D eigenvalue weighted by Gasteiger charge is -2.38. The molecule has 1 aromatic carbocycles. The van der Waals surface area contributed by atoms with Crippen molar-refractivity contribution in [2.75, 3.05) is 37.7 Å². The molecule has 0 aliphatic carbocycles. The van der Waals surface area contributed by atoms with Gasteiger partial charge in [-0.1, -0.05) is 23.7 Å². The molecule has 8 heteroatoms. The summed E-state index contributed by atoms with van der Waals surface area (Å²) in [6.45, 7) is 4.30. The Balaban J connectivity index is 1.52. The van der Waals surface area contributed by atoms with Crippen molar-refractivity contribution in [2.45, 2.75) is 25.5 Å². The summed E-state index contributed by atoms with van der Waals surface area (Å²) in [7, 11) is -2.88. The predicted molar refractivity (Wildman–Crippen MR) is 96.8 cm³/mol. The van der Waals surface area contributed by atoms with E-state index in [4.69, 9.17) is 16.3 Å². The highest BCUT2D eigenvalue weighted by atomic mass is 35.5. The van der Waals surface area contributed by atoms with E-state index in [1.807, 2.05) is 12.1 Å². The molecule has 0 N–H and O–H groups in total. The Morgan fingerprint density at radius 3 is 2.52 bits per heavy atom. The summed E-state index contributed by atoms with van der Waals surface area (Å²) in [4.78, 5) is 16.6. The van der Waals surface area contributed by atoms with Gasteiger partial charge in [0.1, 0.15) is 5.75 Å². The van der Waals surface area contributed by atoms with Crippen molar-refractivity contribution in [3.8, 4) is 5.75 Å². The van der Waals surface area contributed by atoms with Gasteiger partial charge in [-0.3, -0.25) is 9.69 Å². The van der Waals surface area contributed by atoms with Crippen LogP contribution >= 0.6 is 11.6 Å². The second-order valence-corrected chi connectivity index (χ2v) is 9.24. The van der Waals surface area contributed by atoms with Gasteiger partial charge in [-0.15, -0.1) is 0 Å². The van der Waals surface area contributed by atoms with Gasteiger partial charge < -0.3 is 9.64 Å².